The molecule has 104 valence electrons. The van der Waals surface area contributed by atoms with Crippen LogP contribution in [0.2, 0.25) is 0 Å². The molecule has 4 nitrogen and oxygen atoms in total. The monoisotopic (exact) mass is 266 g/mol. The molecule has 1 aliphatic heterocycles. The molecule has 0 saturated carbocycles. The summed E-state index contributed by atoms with van der Waals surface area (Å²) in [5, 5.41) is 3.06. The van der Waals surface area contributed by atoms with E-state index in [1.54, 1.807) is 17.0 Å². The maximum Gasteiger partial charge on any atom is 0.257 e. The smallest absolute Gasteiger partial charge is 0.257 e. The Kier molecular flexibility index (Phi) is 4.87. The molecule has 0 aliphatic carbocycles. The third kappa shape index (κ3) is 3.30. The van der Waals surface area contributed by atoms with Gasteiger partial charge in [-0.05, 0) is 32.1 Å². The van der Waals surface area contributed by atoms with E-state index in [-0.39, 0.29) is 17.5 Å². The van der Waals surface area contributed by atoms with Gasteiger partial charge in [-0.25, -0.2) is 4.39 Å². The molecule has 1 fully saturated rings. The fraction of sp³-hybridized carbons (Fsp3) is 0.500. The Morgan fingerprint density at radius 1 is 1.53 bits per heavy atom. The highest BCUT2D eigenvalue weighted by Gasteiger charge is 2.28. The van der Waals surface area contributed by atoms with E-state index < -0.39 is 5.82 Å². The fourth-order valence-corrected chi connectivity index (χ4v) is 2.26. The van der Waals surface area contributed by atoms with Crippen molar-refractivity contribution in [3.8, 4) is 0 Å². The summed E-state index contributed by atoms with van der Waals surface area (Å²) in [6.45, 7) is 2.34. The molecule has 1 unspecified atom stereocenters. The van der Waals surface area contributed by atoms with Gasteiger partial charge in [0.15, 0.2) is 0 Å². The molecule has 1 aliphatic rings. The van der Waals surface area contributed by atoms with E-state index in [1.165, 1.54) is 12.1 Å². The number of nitrogens with zero attached hydrogens (tertiary/aromatic N) is 1. The van der Waals surface area contributed by atoms with E-state index in [9.17, 15) is 9.18 Å². The van der Waals surface area contributed by atoms with Gasteiger partial charge in [0.25, 0.3) is 5.91 Å². The van der Waals surface area contributed by atoms with Crippen molar-refractivity contribution in [2.45, 2.75) is 12.5 Å². The topological polar surface area (TPSA) is 41.6 Å². The van der Waals surface area contributed by atoms with E-state index in [4.69, 9.17) is 4.74 Å². The zero-order chi connectivity index (χ0) is 13.7. The van der Waals surface area contributed by atoms with Crippen molar-refractivity contribution in [1.29, 1.82) is 0 Å². The minimum Gasteiger partial charge on any atom is -0.377 e. The minimum atomic E-state index is -0.466. The number of morpholine rings is 1. The lowest BCUT2D eigenvalue weighted by molar-refractivity contribution is -0.00411. The van der Waals surface area contributed by atoms with E-state index in [0.29, 0.717) is 19.8 Å². The highest BCUT2D eigenvalue weighted by atomic mass is 19.1. The predicted octanol–water partition coefficient (Wildman–Crippen LogP) is 1.28. The molecule has 0 radical (unpaired) electrons. The summed E-state index contributed by atoms with van der Waals surface area (Å²) in [6.07, 6.45) is 0.802. The number of nitrogens with one attached hydrogen (secondary N) is 1. The first-order valence-corrected chi connectivity index (χ1v) is 6.52. The lowest BCUT2D eigenvalue weighted by Crippen LogP contribution is -2.49. The number of halogens is 1. The standard InChI is InChI=1S/C14H19FN2O2/c1-16-7-6-11-10-19-9-8-17(11)14(18)12-4-2-3-5-13(12)15/h2-5,11,16H,6-10H2,1H3. The average Bonchev–Trinajstić information content (AvgIpc) is 2.45. The van der Waals surface area contributed by atoms with Crippen LogP contribution in [0.1, 0.15) is 16.8 Å². The molecule has 0 bridgehead atoms. The van der Waals surface area contributed by atoms with Crippen LogP contribution in [0, 0.1) is 5.82 Å². The number of amides is 1. The van der Waals surface area contributed by atoms with Gasteiger partial charge in [-0.1, -0.05) is 12.1 Å². The lowest BCUT2D eigenvalue weighted by Gasteiger charge is -2.35. The van der Waals surface area contributed by atoms with Gasteiger partial charge in [-0.3, -0.25) is 4.79 Å². The van der Waals surface area contributed by atoms with Crippen LogP contribution in [-0.2, 0) is 4.74 Å². The third-order valence-electron chi connectivity index (χ3n) is 3.32. The Morgan fingerprint density at radius 2 is 2.32 bits per heavy atom. The average molecular weight is 266 g/mol. The van der Waals surface area contributed by atoms with Crippen LogP contribution in [0.3, 0.4) is 0 Å². The number of ether oxygens (including phenoxy) is 1. The van der Waals surface area contributed by atoms with Crippen molar-refractivity contribution in [1.82, 2.24) is 10.2 Å². The molecule has 1 heterocycles. The number of rotatable bonds is 4. The first-order valence-electron chi connectivity index (χ1n) is 6.52. The summed E-state index contributed by atoms with van der Waals surface area (Å²) >= 11 is 0. The fourth-order valence-electron chi connectivity index (χ4n) is 2.26. The highest BCUT2D eigenvalue weighted by Crippen LogP contribution is 2.16. The first kappa shape index (κ1) is 14.0. The Hall–Kier alpha value is -1.46. The molecule has 1 atom stereocenters. The summed E-state index contributed by atoms with van der Waals surface area (Å²) in [6, 6.07) is 6.12. The van der Waals surface area contributed by atoms with Crippen LogP contribution >= 0.6 is 0 Å². The maximum absolute atomic E-state index is 13.7. The highest BCUT2D eigenvalue weighted by molar-refractivity contribution is 5.94. The van der Waals surface area contributed by atoms with Crippen LogP contribution in [-0.4, -0.2) is 50.2 Å². The van der Waals surface area contributed by atoms with Gasteiger partial charge in [-0.15, -0.1) is 0 Å². The molecular weight excluding hydrogens is 247 g/mol. The number of hydrogen-bond donors (Lipinski definition) is 1. The Labute approximate surface area is 112 Å². The quantitative estimate of drug-likeness (QED) is 0.892. The van der Waals surface area contributed by atoms with Crippen LogP contribution < -0.4 is 5.32 Å². The van der Waals surface area contributed by atoms with Crippen molar-refractivity contribution >= 4 is 5.91 Å². The molecule has 1 amide bonds. The molecule has 0 aromatic heterocycles. The van der Waals surface area contributed by atoms with Gasteiger partial charge >= 0.3 is 0 Å². The molecule has 1 N–H and O–H groups in total. The maximum atomic E-state index is 13.7. The predicted molar refractivity (Wildman–Crippen MR) is 70.6 cm³/mol. The van der Waals surface area contributed by atoms with E-state index in [0.717, 1.165) is 13.0 Å². The summed E-state index contributed by atoms with van der Waals surface area (Å²) in [5.74, 6) is -0.714. The van der Waals surface area contributed by atoms with E-state index >= 15 is 0 Å². The second-order valence-electron chi connectivity index (χ2n) is 4.60. The van der Waals surface area contributed by atoms with Gasteiger partial charge < -0.3 is 15.0 Å². The molecule has 1 aromatic carbocycles. The van der Waals surface area contributed by atoms with Crippen LogP contribution in [0.25, 0.3) is 0 Å². The van der Waals surface area contributed by atoms with Crippen molar-refractivity contribution in [3.05, 3.63) is 35.6 Å². The van der Waals surface area contributed by atoms with Gasteiger partial charge in [-0.2, -0.15) is 0 Å². The second kappa shape index (κ2) is 6.63. The van der Waals surface area contributed by atoms with Gasteiger partial charge in [0.05, 0.1) is 24.8 Å². The van der Waals surface area contributed by atoms with Crippen molar-refractivity contribution in [2.24, 2.45) is 0 Å². The van der Waals surface area contributed by atoms with Gasteiger partial charge in [0, 0.05) is 6.54 Å². The number of benzene rings is 1. The summed E-state index contributed by atoms with van der Waals surface area (Å²) in [7, 11) is 1.87. The van der Waals surface area contributed by atoms with Crippen LogP contribution in [0.4, 0.5) is 4.39 Å². The minimum absolute atomic E-state index is 0.00769. The van der Waals surface area contributed by atoms with Crippen molar-refractivity contribution in [3.63, 3.8) is 0 Å². The summed E-state index contributed by atoms with van der Waals surface area (Å²) in [5.41, 5.74) is 0.138. The lowest BCUT2D eigenvalue weighted by atomic mass is 10.1. The zero-order valence-corrected chi connectivity index (χ0v) is 11.1. The number of carbonyl (C=O) groups excluding carboxylic acids is 1. The van der Waals surface area contributed by atoms with Gasteiger partial charge in [0.2, 0.25) is 0 Å². The third-order valence-corrected chi connectivity index (χ3v) is 3.32. The molecular formula is C14H19FN2O2. The Balaban J connectivity index is 2.13. The number of carbonyl (C=O) groups is 1. The Morgan fingerprint density at radius 3 is 3.05 bits per heavy atom. The normalized spacial score (nSPS) is 19.5. The van der Waals surface area contributed by atoms with Crippen LogP contribution in [0.15, 0.2) is 24.3 Å². The van der Waals surface area contributed by atoms with Gasteiger partial charge in [0.1, 0.15) is 5.82 Å². The first-order chi connectivity index (χ1) is 9.24. The number of hydrogen-bond acceptors (Lipinski definition) is 3. The van der Waals surface area contributed by atoms with Crippen molar-refractivity contribution in [2.75, 3.05) is 33.4 Å². The Bertz CT molecular complexity index is 439. The summed E-state index contributed by atoms with van der Waals surface area (Å²) in [4.78, 5) is 14.1. The summed E-state index contributed by atoms with van der Waals surface area (Å²) < 4.78 is 19.1. The largest absolute Gasteiger partial charge is 0.377 e. The van der Waals surface area contributed by atoms with Crippen LogP contribution in [0.5, 0.6) is 0 Å². The zero-order valence-electron chi connectivity index (χ0n) is 11.1. The molecule has 5 heteroatoms. The molecule has 1 saturated heterocycles. The SMILES string of the molecule is CNCCC1COCCN1C(=O)c1ccccc1F. The molecule has 2 rings (SSSR count). The van der Waals surface area contributed by atoms with Crippen molar-refractivity contribution < 1.29 is 13.9 Å². The van der Waals surface area contributed by atoms with E-state index in [2.05, 4.69) is 5.32 Å². The van der Waals surface area contributed by atoms with E-state index in [1.807, 2.05) is 7.05 Å². The molecule has 0 spiro atoms. The molecule has 19 heavy (non-hydrogen) atoms. The molecule has 1 aromatic rings. The second-order valence-corrected chi connectivity index (χ2v) is 4.60.